The number of aromatic nitrogens is 2. The summed E-state index contributed by atoms with van der Waals surface area (Å²) in [5, 5.41) is 3.49. The van der Waals surface area contributed by atoms with E-state index in [1.54, 1.807) is 0 Å². The van der Waals surface area contributed by atoms with Crippen molar-refractivity contribution in [1.29, 1.82) is 0 Å². The molecule has 4 heteroatoms. The Morgan fingerprint density at radius 3 is 3.00 bits per heavy atom. The fourth-order valence-electron chi connectivity index (χ4n) is 2.18. The molecule has 96 valence electrons. The summed E-state index contributed by atoms with van der Waals surface area (Å²) in [5.41, 5.74) is 0. The molecule has 18 heavy (non-hydrogen) atoms. The fourth-order valence-corrected chi connectivity index (χ4v) is 3.19. The highest BCUT2D eigenvalue weighted by Crippen LogP contribution is 2.27. The Labute approximate surface area is 112 Å². The van der Waals surface area contributed by atoms with Gasteiger partial charge in [-0.2, -0.15) is 0 Å². The van der Waals surface area contributed by atoms with E-state index in [0.717, 1.165) is 12.4 Å². The van der Waals surface area contributed by atoms with Crippen LogP contribution in [0, 0.1) is 6.92 Å². The molecule has 1 fully saturated rings. The van der Waals surface area contributed by atoms with E-state index in [-0.39, 0.29) is 0 Å². The number of nitrogens with zero attached hydrogens (tertiary/aromatic N) is 2. The second-order valence-corrected chi connectivity index (χ2v) is 6.51. The first-order valence-corrected chi connectivity index (χ1v) is 7.38. The summed E-state index contributed by atoms with van der Waals surface area (Å²) in [6, 6.07) is 5.54. The number of nitrogens with one attached hydrogen (secondary N) is 1. The van der Waals surface area contributed by atoms with Gasteiger partial charge in [-0.1, -0.05) is 0 Å². The maximum atomic E-state index is 4.42. The van der Waals surface area contributed by atoms with Crippen molar-refractivity contribution in [3.63, 3.8) is 0 Å². The van der Waals surface area contributed by atoms with Crippen molar-refractivity contribution in [3.8, 4) is 0 Å². The zero-order valence-corrected chi connectivity index (χ0v) is 11.7. The van der Waals surface area contributed by atoms with Gasteiger partial charge in [0.1, 0.15) is 0 Å². The molecule has 0 amide bonds. The molecule has 1 aliphatic carbocycles. The van der Waals surface area contributed by atoms with E-state index in [0.29, 0.717) is 12.1 Å². The standard InChI is InChI=1S/C14H19N3S/c1-10(9-13-6-3-11(2)18-13)17-8-7-15-14(17)16-12-4-5-12/h3,6-8,10,12H,4-5,9H2,1-2H3,(H,15,16). The number of hydrogen-bond donors (Lipinski definition) is 1. The Kier molecular flexibility index (Phi) is 3.12. The normalized spacial score (nSPS) is 16.8. The molecule has 2 aromatic rings. The lowest BCUT2D eigenvalue weighted by Gasteiger charge is -2.16. The van der Waals surface area contributed by atoms with E-state index in [1.165, 1.54) is 22.6 Å². The molecule has 0 radical (unpaired) electrons. The highest BCUT2D eigenvalue weighted by atomic mass is 32.1. The number of aryl methyl sites for hydroxylation is 1. The average Bonchev–Trinajstić information content (AvgIpc) is 2.85. The van der Waals surface area contributed by atoms with Gasteiger partial charge in [0.2, 0.25) is 5.95 Å². The molecule has 1 N–H and O–H groups in total. The molecule has 2 heterocycles. The van der Waals surface area contributed by atoms with Crippen molar-refractivity contribution in [1.82, 2.24) is 9.55 Å². The largest absolute Gasteiger partial charge is 0.353 e. The van der Waals surface area contributed by atoms with Crippen LogP contribution in [-0.4, -0.2) is 15.6 Å². The Bertz CT molecular complexity index is 525. The molecule has 3 nitrogen and oxygen atoms in total. The quantitative estimate of drug-likeness (QED) is 0.890. The fraction of sp³-hybridized carbons (Fsp3) is 0.500. The van der Waals surface area contributed by atoms with Crippen molar-refractivity contribution in [3.05, 3.63) is 34.3 Å². The average molecular weight is 261 g/mol. The zero-order chi connectivity index (χ0) is 12.5. The van der Waals surface area contributed by atoms with Crippen LogP contribution in [0.5, 0.6) is 0 Å². The van der Waals surface area contributed by atoms with E-state index in [4.69, 9.17) is 0 Å². The van der Waals surface area contributed by atoms with E-state index in [2.05, 4.69) is 47.0 Å². The van der Waals surface area contributed by atoms with Crippen molar-refractivity contribution in [2.75, 3.05) is 5.32 Å². The summed E-state index contributed by atoms with van der Waals surface area (Å²) in [7, 11) is 0. The maximum absolute atomic E-state index is 4.42. The first kappa shape index (κ1) is 11.8. The lowest BCUT2D eigenvalue weighted by Crippen LogP contribution is -2.13. The molecule has 0 spiro atoms. The zero-order valence-electron chi connectivity index (χ0n) is 10.9. The van der Waals surface area contributed by atoms with Crippen molar-refractivity contribution >= 4 is 17.3 Å². The third kappa shape index (κ3) is 2.58. The van der Waals surface area contributed by atoms with Gasteiger partial charge in [0.15, 0.2) is 0 Å². The molecule has 1 aliphatic rings. The maximum Gasteiger partial charge on any atom is 0.203 e. The van der Waals surface area contributed by atoms with Crippen LogP contribution in [0.25, 0.3) is 0 Å². The van der Waals surface area contributed by atoms with Crippen molar-refractivity contribution < 1.29 is 0 Å². The van der Waals surface area contributed by atoms with Gasteiger partial charge in [0.05, 0.1) is 0 Å². The first-order valence-electron chi connectivity index (χ1n) is 6.57. The topological polar surface area (TPSA) is 29.9 Å². The molecule has 1 atom stereocenters. The Morgan fingerprint density at radius 1 is 1.50 bits per heavy atom. The number of imidazole rings is 1. The summed E-state index contributed by atoms with van der Waals surface area (Å²) >= 11 is 1.89. The highest BCUT2D eigenvalue weighted by molar-refractivity contribution is 7.11. The summed E-state index contributed by atoms with van der Waals surface area (Å²) in [5.74, 6) is 1.03. The number of thiophene rings is 1. The second kappa shape index (κ2) is 4.76. The van der Waals surface area contributed by atoms with Crippen LogP contribution in [0.4, 0.5) is 5.95 Å². The minimum absolute atomic E-state index is 0.451. The predicted octanol–water partition coefficient (Wildman–Crippen LogP) is 3.63. The van der Waals surface area contributed by atoms with Crippen LogP contribution in [0.3, 0.4) is 0 Å². The molecule has 0 aliphatic heterocycles. The summed E-state index contributed by atoms with van der Waals surface area (Å²) < 4.78 is 2.26. The Morgan fingerprint density at radius 2 is 2.33 bits per heavy atom. The SMILES string of the molecule is Cc1ccc(CC(C)n2ccnc2NC2CC2)s1. The molecule has 0 aromatic carbocycles. The third-order valence-electron chi connectivity index (χ3n) is 3.35. The van der Waals surface area contributed by atoms with E-state index < -0.39 is 0 Å². The predicted molar refractivity (Wildman–Crippen MR) is 76.3 cm³/mol. The Balaban J connectivity index is 1.71. The van der Waals surface area contributed by atoms with Crippen LogP contribution < -0.4 is 5.32 Å². The number of hydrogen-bond acceptors (Lipinski definition) is 3. The minimum Gasteiger partial charge on any atom is -0.353 e. The van der Waals surface area contributed by atoms with Gasteiger partial charge >= 0.3 is 0 Å². The van der Waals surface area contributed by atoms with Gasteiger partial charge in [0, 0.05) is 40.7 Å². The molecular formula is C14H19N3S. The van der Waals surface area contributed by atoms with Crippen LogP contribution in [0.2, 0.25) is 0 Å². The van der Waals surface area contributed by atoms with Crippen LogP contribution in [0.1, 0.15) is 35.6 Å². The van der Waals surface area contributed by atoms with E-state index in [1.807, 2.05) is 17.5 Å². The van der Waals surface area contributed by atoms with Crippen LogP contribution in [0.15, 0.2) is 24.5 Å². The molecule has 0 bridgehead atoms. The van der Waals surface area contributed by atoms with Gasteiger partial charge in [-0.3, -0.25) is 0 Å². The molecule has 2 aromatic heterocycles. The monoisotopic (exact) mass is 261 g/mol. The molecule has 1 unspecified atom stereocenters. The van der Waals surface area contributed by atoms with Gasteiger partial charge in [-0.15, -0.1) is 11.3 Å². The van der Waals surface area contributed by atoms with Gasteiger partial charge in [-0.25, -0.2) is 4.98 Å². The summed E-state index contributed by atoms with van der Waals surface area (Å²) in [6.45, 7) is 4.42. The highest BCUT2D eigenvalue weighted by Gasteiger charge is 2.23. The number of anilines is 1. The van der Waals surface area contributed by atoms with Crippen LogP contribution >= 0.6 is 11.3 Å². The van der Waals surface area contributed by atoms with Gasteiger partial charge in [0.25, 0.3) is 0 Å². The van der Waals surface area contributed by atoms with E-state index in [9.17, 15) is 0 Å². The smallest absolute Gasteiger partial charge is 0.203 e. The lowest BCUT2D eigenvalue weighted by molar-refractivity contribution is 0.553. The molecule has 1 saturated carbocycles. The lowest BCUT2D eigenvalue weighted by atomic mass is 10.2. The molecule has 3 rings (SSSR count). The number of rotatable bonds is 5. The third-order valence-corrected chi connectivity index (χ3v) is 4.37. The van der Waals surface area contributed by atoms with Crippen molar-refractivity contribution in [2.45, 2.75) is 45.2 Å². The van der Waals surface area contributed by atoms with Crippen molar-refractivity contribution in [2.24, 2.45) is 0 Å². The molecular weight excluding hydrogens is 242 g/mol. The minimum atomic E-state index is 0.451. The van der Waals surface area contributed by atoms with Gasteiger partial charge in [-0.05, 0) is 38.8 Å². The summed E-state index contributed by atoms with van der Waals surface area (Å²) in [6.07, 6.45) is 7.61. The van der Waals surface area contributed by atoms with Crippen LogP contribution in [-0.2, 0) is 6.42 Å². The Hall–Kier alpha value is -1.29. The van der Waals surface area contributed by atoms with E-state index >= 15 is 0 Å². The first-order chi connectivity index (χ1) is 8.72. The summed E-state index contributed by atoms with van der Waals surface area (Å²) in [4.78, 5) is 7.26. The second-order valence-electron chi connectivity index (χ2n) is 5.14. The van der Waals surface area contributed by atoms with Gasteiger partial charge < -0.3 is 9.88 Å². The molecule has 0 saturated heterocycles.